The van der Waals surface area contributed by atoms with E-state index in [9.17, 15) is 23.2 Å². The highest BCUT2D eigenvalue weighted by atomic mass is 32.3. The van der Waals surface area contributed by atoms with Gasteiger partial charge in [-0.15, -0.1) is 44.4 Å². The van der Waals surface area contributed by atoms with E-state index in [2.05, 4.69) is 69.7 Å². The average Bonchev–Trinajstić information content (AvgIpc) is 3.82. The summed E-state index contributed by atoms with van der Waals surface area (Å²) in [6.45, 7) is 14.4. The zero-order valence-electron chi connectivity index (χ0n) is 34.1. The fourth-order valence-corrected chi connectivity index (χ4v) is 7.94. The summed E-state index contributed by atoms with van der Waals surface area (Å²) in [6, 6.07) is 11.2. The van der Waals surface area contributed by atoms with E-state index in [0.717, 1.165) is 43.2 Å². The quantitative estimate of drug-likeness (QED) is 0.0414. The Morgan fingerprint density at radius 2 is 1.16 bits per heavy atom. The van der Waals surface area contributed by atoms with Crippen molar-refractivity contribution in [2.24, 2.45) is 20.5 Å². The predicted octanol–water partition coefficient (Wildman–Crippen LogP) is 6.45. The molecule has 61 heavy (non-hydrogen) atoms. The van der Waals surface area contributed by atoms with Gasteiger partial charge in [-0.2, -0.15) is 23.4 Å². The number of benzene rings is 2. The summed E-state index contributed by atoms with van der Waals surface area (Å²) in [5.74, 6) is 0.385. The standard InChI is InChI=1S/C35H46N14O5S3.O3S/c1-7-47(8-2)24-11-13-26(43-45-34-36-22(5)21-55-34)28(19-24)38-31-40-32(42-33(41-31)49(15-17-50)16-18-51)39-29-20-25(48(9-3)10-4)12-14-27(29)44-46-35-37-23(6)30(56-35)57(52,53)54;1-4(2)3/h11-14,19-21,50-51H,7-10,15-18H2,1-6H3,(H,52,53,54)(H2,38,39,40,41,42);. The number of azo groups is 2. The van der Waals surface area contributed by atoms with E-state index >= 15 is 0 Å². The zero-order chi connectivity index (χ0) is 44.7. The van der Waals surface area contributed by atoms with Gasteiger partial charge in [0.15, 0.2) is 4.21 Å². The lowest BCUT2D eigenvalue weighted by Gasteiger charge is -2.24. The second kappa shape index (κ2) is 22.8. The van der Waals surface area contributed by atoms with Gasteiger partial charge in [-0.05, 0) is 77.9 Å². The summed E-state index contributed by atoms with van der Waals surface area (Å²) < 4.78 is 58.2. The molecular formula is C35H46N14O8S4. The minimum Gasteiger partial charge on any atom is -0.395 e. The molecule has 3 aromatic heterocycles. The first-order valence-corrected chi connectivity index (χ1v) is 22.8. The van der Waals surface area contributed by atoms with Gasteiger partial charge in [0.1, 0.15) is 11.4 Å². The average molecular weight is 919 g/mol. The molecule has 0 bridgehead atoms. The van der Waals surface area contributed by atoms with Gasteiger partial charge in [0.2, 0.25) is 28.1 Å². The molecule has 0 unspecified atom stereocenters. The number of hydrogen-bond donors (Lipinski definition) is 5. The van der Waals surface area contributed by atoms with Gasteiger partial charge in [-0.3, -0.25) is 4.55 Å². The number of aliphatic hydroxyl groups is 2. The van der Waals surface area contributed by atoms with Gasteiger partial charge in [0, 0.05) is 56.0 Å². The van der Waals surface area contributed by atoms with Gasteiger partial charge in [0.05, 0.1) is 36.0 Å². The van der Waals surface area contributed by atoms with Crippen molar-refractivity contribution in [3.8, 4) is 0 Å². The smallest absolute Gasteiger partial charge is 0.395 e. The third-order valence-corrected chi connectivity index (χ3v) is 11.8. The van der Waals surface area contributed by atoms with Crippen LogP contribution < -0.4 is 25.3 Å². The Morgan fingerprint density at radius 1 is 0.689 bits per heavy atom. The fourth-order valence-electron chi connectivity index (χ4n) is 5.64. The van der Waals surface area contributed by atoms with Crippen LogP contribution in [0.15, 0.2) is 66.4 Å². The minimum absolute atomic E-state index is 0.0290. The van der Waals surface area contributed by atoms with Crippen LogP contribution in [0.2, 0.25) is 0 Å². The van der Waals surface area contributed by atoms with Gasteiger partial charge in [0.25, 0.3) is 0 Å². The first kappa shape index (κ1) is 48.0. The van der Waals surface area contributed by atoms with Gasteiger partial charge < -0.3 is 35.5 Å². The highest BCUT2D eigenvalue weighted by Gasteiger charge is 2.20. The van der Waals surface area contributed by atoms with Gasteiger partial charge >= 0.3 is 20.7 Å². The van der Waals surface area contributed by atoms with Crippen molar-refractivity contribution in [1.82, 2.24) is 24.9 Å². The highest BCUT2D eigenvalue weighted by molar-refractivity contribution is 7.88. The lowest BCUT2D eigenvalue weighted by atomic mass is 10.2. The predicted molar refractivity (Wildman–Crippen MR) is 234 cm³/mol. The van der Waals surface area contributed by atoms with E-state index in [1.165, 1.54) is 18.3 Å². The van der Waals surface area contributed by atoms with Crippen molar-refractivity contribution >= 4 is 106 Å². The van der Waals surface area contributed by atoms with Crippen LogP contribution in [0, 0.1) is 13.8 Å². The molecule has 0 atom stereocenters. The van der Waals surface area contributed by atoms with Crippen LogP contribution in [0.5, 0.6) is 0 Å². The highest BCUT2D eigenvalue weighted by Crippen LogP contribution is 2.37. The van der Waals surface area contributed by atoms with E-state index in [1.807, 2.05) is 56.5 Å². The second-order valence-corrected chi connectivity index (χ2v) is 16.3. The third-order valence-electron chi connectivity index (χ3n) is 8.43. The van der Waals surface area contributed by atoms with Crippen LogP contribution in [-0.4, -0.2) is 113 Å². The lowest BCUT2D eigenvalue weighted by molar-refractivity contribution is 0.280. The molecule has 3 heterocycles. The van der Waals surface area contributed by atoms with Crippen LogP contribution >= 0.6 is 22.7 Å². The van der Waals surface area contributed by atoms with Crippen molar-refractivity contribution in [2.45, 2.75) is 45.8 Å². The molecule has 328 valence electrons. The number of nitrogens with one attached hydrogen (secondary N) is 2. The van der Waals surface area contributed by atoms with Gasteiger partial charge in [-0.25, -0.2) is 9.97 Å². The Labute approximate surface area is 362 Å². The molecule has 5 aromatic rings. The molecule has 0 radical (unpaired) electrons. The Morgan fingerprint density at radius 3 is 1.56 bits per heavy atom. The van der Waals surface area contributed by atoms with Crippen LogP contribution in [-0.2, 0) is 20.7 Å². The number of thiazole rings is 2. The molecule has 5 rings (SSSR count). The van der Waals surface area contributed by atoms with Crippen molar-refractivity contribution in [1.29, 1.82) is 0 Å². The lowest BCUT2D eigenvalue weighted by Crippen LogP contribution is -2.31. The summed E-state index contributed by atoms with van der Waals surface area (Å²) in [5, 5.41) is 46.3. The SMILES string of the molecule is CCN(CC)c1ccc(N=Nc2nc(C)cs2)c(Nc2nc(Nc3cc(N(CC)CC)ccc3N=Nc3nc(C)c(S(=O)(=O)O)s3)nc(N(CCO)CCO)n2)c1.O=S(=O)=O. The molecule has 0 aliphatic heterocycles. The number of anilines is 7. The molecule has 0 fully saturated rings. The number of nitrogens with zero attached hydrogens (tertiary/aromatic N) is 12. The number of rotatable bonds is 20. The monoisotopic (exact) mass is 918 g/mol. The van der Waals surface area contributed by atoms with Crippen molar-refractivity contribution < 1.29 is 35.8 Å². The molecule has 2 aromatic carbocycles. The molecule has 5 N–H and O–H groups in total. The normalized spacial score (nSPS) is 11.4. The molecular weight excluding hydrogens is 873 g/mol. The number of aryl methyl sites for hydroxylation is 2. The summed E-state index contributed by atoms with van der Waals surface area (Å²) >= 11 is 2.07. The first-order valence-electron chi connectivity index (χ1n) is 18.6. The molecule has 0 saturated heterocycles. The van der Waals surface area contributed by atoms with E-state index in [0.29, 0.717) is 39.2 Å². The summed E-state index contributed by atoms with van der Waals surface area (Å²) in [5.41, 5.74) is 4.59. The maximum absolute atomic E-state index is 11.8. The maximum Gasteiger partial charge on any atom is 0.425 e. The Hall–Kier alpha value is -5.64. The maximum atomic E-state index is 11.8. The molecule has 0 amide bonds. The number of aliphatic hydroxyl groups excluding tert-OH is 2. The summed E-state index contributed by atoms with van der Waals surface area (Å²) in [7, 11) is -7.59. The molecule has 0 aliphatic rings. The topological polar surface area (TPSA) is 294 Å². The van der Waals surface area contributed by atoms with Crippen molar-refractivity contribution in [2.75, 3.05) is 77.8 Å². The van der Waals surface area contributed by atoms with Crippen LogP contribution in [0.3, 0.4) is 0 Å². The molecule has 0 spiro atoms. The Bertz CT molecular complexity index is 2520. The number of aromatic nitrogens is 5. The largest absolute Gasteiger partial charge is 0.425 e. The Kier molecular flexibility index (Phi) is 18.0. The second-order valence-electron chi connectivity index (χ2n) is 12.4. The summed E-state index contributed by atoms with van der Waals surface area (Å²) in [6.07, 6.45) is 0. The van der Waals surface area contributed by atoms with E-state index < -0.39 is 20.7 Å². The van der Waals surface area contributed by atoms with Crippen LogP contribution in [0.25, 0.3) is 0 Å². The molecule has 26 heteroatoms. The molecule has 0 saturated carbocycles. The van der Waals surface area contributed by atoms with Gasteiger partial charge in [-0.1, -0.05) is 11.3 Å². The van der Waals surface area contributed by atoms with Crippen molar-refractivity contribution in [3.63, 3.8) is 0 Å². The van der Waals surface area contributed by atoms with E-state index in [1.54, 1.807) is 11.0 Å². The van der Waals surface area contributed by atoms with Crippen molar-refractivity contribution in [3.05, 3.63) is 53.2 Å². The first-order chi connectivity index (χ1) is 29.1. The summed E-state index contributed by atoms with van der Waals surface area (Å²) in [4.78, 5) is 28.6. The third kappa shape index (κ3) is 13.9. The van der Waals surface area contributed by atoms with Crippen LogP contribution in [0.4, 0.5) is 62.2 Å². The zero-order valence-corrected chi connectivity index (χ0v) is 37.3. The number of hydrogen-bond acceptors (Lipinski definition) is 23. The Balaban J connectivity index is 0.00000196. The van der Waals surface area contributed by atoms with E-state index in [4.69, 9.17) is 22.6 Å². The van der Waals surface area contributed by atoms with Crippen LogP contribution in [0.1, 0.15) is 39.1 Å². The fraction of sp³-hybridized carbons (Fsp3) is 0.400. The van der Waals surface area contributed by atoms with E-state index in [-0.39, 0.29) is 59.2 Å². The molecule has 22 nitrogen and oxygen atoms in total. The molecule has 0 aliphatic carbocycles. The minimum atomic E-state index is -4.48.